The fourth-order valence-electron chi connectivity index (χ4n) is 3.15. The summed E-state index contributed by atoms with van der Waals surface area (Å²) in [5, 5.41) is 7.04. The van der Waals surface area contributed by atoms with Gasteiger partial charge in [0.25, 0.3) is 5.91 Å². The first-order chi connectivity index (χ1) is 13.2. The Morgan fingerprint density at radius 1 is 1.04 bits per heavy atom. The molecule has 7 heteroatoms. The number of piperidine rings is 1. The second-order valence-electron chi connectivity index (χ2n) is 6.63. The van der Waals surface area contributed by atoms with Crippen LogP contribution in [0, 0.1) is 6.92 Å². The zero-order valence-corrected chi connectivity index (χ0v) is 15.2. The van der Waals surface area contributed by atoms with Crippen LogP contribution >= 0.6 is 0 Å². The lowest BCUT2D eigenvalue weighted by molar-refractivity contribution is 0.0718. The van der Waals surface area contributed by atoms with E-state index in [4.69, 9.17) is 4.52 Å². The maximum atomic E-state index is 13.0. The van der Waals surface area contributed by atoms with Crippen LogP contribution in [0.4, 0.5) is 11.6 Å². The molecule has 0 saturated carbocycles. The number of benzene rings is 1. The summed E-state index contributed by atoms with van der Waals surface area (Å²) in [7, 11) is 0. The summed E-state index contributed by atoms with van der Waals surface area (Å²) >= 11 is 0. The highest BCUT2D eigenvalue weighted by Gasteiger charge is 2.21. The zero-order valence-electron chi connectivity index (χ0n) is 15.2. The van der Waals surface area contributed by atoms with Crippen LogP contribution in [0.2, 0.25) is 0 Å². The quantitative estimate of drug-likeness (QED) is 0.759. The Morgan fingerprint density at radius 2 is 1.81 bits per heavy atom. The van der Waals surface area contributed by atoms with Crippen LogP contribution in [-0.4, -0.2) is 39.0 Å². The van der Waals surface area contributed by atoms with Crippen LogP contribution in [0.15, 0.2) is 47.0 Å². The van der Waals surface area contributed by atoms with Gasteiger partial charge in [0, 0.05) is 30.8 Å². The molecule has 0 unspecified atom stereocenters. The van der Waals surface area contributed by atoms with E-state index >= 15 is 0 Å². The van der Waals surface area contributed by atoms with E-state index in [1.54, 1.807) is 12.1 Å². The third-order valence-electron chi connectivity index (χ3n) is 4.50. The summed E-state index contributed by atoms with van der Waals surface area (Å²) in [4.78, 5) is 23.9. The van der Waals surface area contributed by atoms with Gasteiger partial charge in [0.2, 0.25) is 0 Å². The average Bonchev–Trinajstić information content (AvgIpc) is 3.13. The molecule has 138 valence electrons. The summed E-state index contributed by atoms with van der Waals surface area (Å²) in [6.07, 6.45) is 3.23. The predicted molar refractivity (Wildman–Crippen MR) is 102 cm³/mol. The maximum Gasteiger partial charge on any atom is 0.272 e. The van der Waals surface area contributed by atoms with Gasteiger partial charge in [-0.25, -0.2) is 9.97 Å². The molecular weight excluding hydrogens is 342 g/mol. The van der Waals surface area contributed by atoms with Crippen molar-refractivity contribution in [1.29, 1.82) is 0 Å². The van der Waals surface area contributed by atoms with Crippen LogP contribution in [0.5, 0.6) is 0 Å². The van der Waals surface area contributed by atoms with Gasteiger partial charge in [-0.2, -0.15) is 0 Å². The molecule has 0 radical (unpaired) electrons. The Hall–Kier alpha value is -3.22. The first kappa shape index (κ1) is 17.2. The topological polar surface area (TPSA) is 84.2 Å². The van der Waals surface area contributed by atoms with Crippen molar-refractivity contribution in [3.05, 3.63) is 53.9 Å². The Balaban J connectivity index is 1.70. The highest BCUT2D eigenvalue weighted by atomic mass is 16.5. The summed E-state index contributed by atoms with van der Waals surface area (Å²) in [5.74, 6) is 2.19. The van der Waals surface area contributed by atoms with Crippen LogP contribution in [0.3, 0.4) is 0 Å². The molecule has 2 aromatic heterocycles. The van der Waals surface area contributed by atoms with Crippen molar-refractivity contribution in [3.63, 3.8) is 0 Å². The SMILES string of the molecule is Cc1cc(Nc2cc(C(=O)N3CCCCC3)nc(-c3ccccc3)n2)no1. The molecule has 1 amide bonds. The van der Waals surface area contributed by atoms with E-state index in [0.29, 0.717) is 28.9 Å². The van der Waals surface area contributed by atoms with Gasteiger partial charge >= 0.3 is 0 Å². The van der Waals surface area contributed by atoms with Crippen molar-refractivity contribution in [2.45, 2.75) is 26.2 Å². The number of carbonyl (C=O) groups excluding carboxylic acids is 1. The third kappa shape index (κ3) is 3.97. The lowest BCUT2D eigenvalue weighted by atomic mass is 10.1. The number of anilines is 2. The van der Waals surface area contributed by atoms with Gasteiger partial charge in [-0.3, -0.25) is 4.79 Å². The number of rotatable bonds is 4. The van der Waals surface area contributed by atoms with Gasteiger partial charge in [0.1, 0.15) is 17.3 Å². The average molecular weight is 363 g/mol. The fourth-order valence-corrected chi connectivity index (χ4v) is 3.15. The highest BCUT2D eigenvalue weighted by molar-refractivity contribution is 5.93. The molecular formula is C20H21N5O2. The number of nitrogens with zero attached hydrogens (tertiary/aromatic N) is 4. The summed E-state index contributed by atoms with van der Waals surface area (Å²) < 4.78 is 5.09. The molecule has 1 aliphatic rings. The number of likely N-dealkylation sites (tertiary alicyclic amines) is 1. The fraction of sp³-hybridized carbons (Fsp3) is 0.300. The lowest BCUT2D eigenvalue weighted by Crippen LogP contribution is -2.36. The largest absolute Gasteiger partial charge is 0.360 e. The zero-order chi connectivity index (χ0) is 18.6. The van der Waals surface area contributed by atoms with Gasteiger partial charge < -0.3 is 14.7 Å². The molecule has 1 aliphatic heterocycles. The standard InChI is InChI=1S/C20H21N5O2/c1-14-12-18(24-27-14)22-17-13-16(20(26)25-10-6-3-7-11-25)21-19(23-17)15-8-4-2-5-9-15/h2,4-5,8-9,12-13H,3,6-7,10-11H2,1H3,(H,21,22,23,24). The summed E-state index contributed by atoms with van der Waals surface area (Å²) in [5.41, 5.74) is 1.23. The molecule has 3 aromatic rings. The van der Waals surface area contributed by atoms with E-state index in [1.807, 2.05) is 42.2 Å². The number of nitrogens with one attached hydrogen (secondary N) is 1. The molecule has 0 spiro atoms. The number of hydrogen-bond donors (Lipinski definition) is 1. The second kappa shape index (κ2) is 7.57. The van der Waals surface area contributed by atoms with Gasteiger partial charge in [-0.1, -0.05) is 35.5 Å². The molecule has 4 rings (SSSR count). The maximum absolute atomic E-state index is 13.0. The molecule has 1 fully saturated rings. The normalized spacial score (nSPS) is 14.2. The molecule has 27 heavy (non-hydrogen) atoms. The number of aromatic nitrogens is 3. The third-order valence-corrected chi connectivity index (χ3v) is 4.50. The monoisotopic (exact) mass is 363 g/mol. The van der Waals surface area contributed by atoms with E-state index in [2.05, 4.69) is 20.4 Å². The lowest BCUT2D eigenvalue weighted by Gasteiger charge is -2.26. The van der Waals surface area contributed by atoms with Crippen molar-refractivity contribution in [3.8, 4) is 11.4 Å². The number of hydrogen-bond acceptors (Lipinski definition) is 6. The van der Waals surface area contributed by atoms with E-state index < -0.39 is 0 Å². The van der Waals surface area contributed by atoms with Crippen LogP contribution in [-0.2, 0) is 0 Å². The summed E-state index contributed by atoms with van der Waals surface area (Å²) in [6, 6.07) is 13.1. The van der Waals surface area contributed by atoms with Crippen molar-refractivity contribution < 1.29 is 9.32 Å². The second-order valence-corrected chi connectivity index (χ2v) is 6.63. The highest BCUT2D eigenvalue weighted by Crippen LogP contribution is 2.22. The molecule has 1 aromatic carbocycles. The Bertz CT molecular complexity index is 933. The minimum Gasteiger partial charge on any atom is -0.360 e. The smallest absolute Gasteiger partial charge is 0.272 e. The van der Waals surface area contributed by atoms with Crippen LogP contribution < -0.4 is 5.32 Å². The van der Waals surface area contributed by atoms with E-state index in [0.717, 1.165) is 31.5 Å². The van der Waals surface area contributed by atoms with Gasteiger partial charge in [-0.05, 0) is 26.2 Å². The van der Waals surface area contributed by atoms with Gasteiger partial charge in [0.15, 0.2) is 11.6 Å². The Labute approximate surface area is 157 Å². The van der Waals surface area contributed by atoms with Crippen molar-refractivity contribution >= 4 is 17.5 Å². The number of aryl methyl sites for hydroxylation is 1. The molecule has 1 N–H and O–H groups in total. The number of carbonyl (C=O) groups is 1. The minimum atomic E-state index is -0.0614. The molecule has 0 aliphatic carbocycles. The van der Waals surface area contributed by atoms with Crippen molar-refractivity contribution in [2.24, 2.45) is 0 Å². The van der Waals surface area contributed by atoms with Gasteiger partial charge in [-0.15, -0.1) is 0 Å². The Morgan fingerprint density at radius 3 is 2.52 bits per heavy atom. The molecule has 0 bridgehead atoms. The number of amides is 1. The van der Waals surface area contributed by atoms with E-state index in [-0.39, 0.29) is 5.91 Å². The van der Waals surface area contributed by atoms with E-state index in [9.17, 15) is 4.79 Å². The molecule has 1 saturated heterocycles. The van der Waals surface area contributed by atoms with E-state index in [1.165, 1.54) is 6.42 Å². The van der Waals surface area contributed by atoms with Gasteiger partial charge in [0.05, 0.1) is 0 Å². The Kier molecular flexibility index (Phi) is 4.82. The molecule has 3 heterocycles. The first-order valence-corrected chi connectivity index (χ1v) is 9.13. The first-order valence-electron chi connectivity index (χ1n) is 9.13. The van der Waals surface area contributed by atoms with Crippen LogP contribution in [0.25, 0.3) is 11.4 Å². The molecule has 7 nitrogen and oxygen atoms in total. The minimum absolute atomic E-state index is 0.0614. The predicted octanol–water partition coefficient (Wildman–Crippen LogP) is 3.81. The molecule has 0 atom stereocenters. The summed E-state index contributed by atoms with van der Waals surface area (Å²) in [6.45, 7) is 3.36. The van der Waals surface area contributed by atoms with Crippen molar-refractivity contribution in [1.82, 2.24) is 20.0 Å². The van der Waals surface area contributed by atoms with Crippen LogP contribution in [0.1, 0.15) is 35.5 Å². The van der Waals surface area contributed by atoms with Crippen molar-refractivity contribution in [2.75, 3.05) is 18.4 Å².